The number of ketones is 1. The molecule has 1 saturated heterocycles. The molecule has 0 radical (unpaired) electrons. The second-order valence-corrected chi connectivity index (χ2v) is 9.38. The smallest absolute Gasteiger partial charge is 0.307 e. The van der Waals surface area contributed by atoms with Crippen LogP contribution in [0.15, 0.2) is 11.1 Å². The van der Waals surface area contributed by atoms with Gasteiger partial charge >= 0.3 is 5.97 Å². The molecule has 0 spiro atoms. The molecule has 26 heavy (non-hydrogen) atoms. The Morgan fingerprint density at radius 1 is 1.12 bits per heavy atom. The summed E-state index contributed by atoms with van der Waals surface area (Å²) in [5.74, 6) is -1.58. The van der Waals surface area contributed by atoms with E-state index in [1.54, 1.807) is 20.8 Å². The van der Waals surface area contributed by atoms with E-state index in [9.17, 15) is 24.9 Å². The first-order valence-corrected chi connectivity index (χ1v) is 9.47. The number of esters is 1. The van der Waals surface area contributed by atoms with Gasteiger partial charge in [0.2, 0.25) is 5.60 Å². The van der Waals surface area contributed by atoms with Crippen molar-refractivity contribution < 1.29 is 29.6 Å². The van der Waals surface area contributed by atoms with Crippen LogP contribution in [-0.4, -0.2) is 49.5 Å². The van der Waals surface area contributed by atoms with Gasteiger partial charge < -0.3 is 20.1 Å². The highest BCUT2D eigenvalue weighted by molar-refractivity contribution is 5.99. The summed E-state index contributed by atoms with van der Waals surface area (Å²) in [6, 6.07) is 0. The third-order valence-electron chi connectivity index (χ3n) is 8.18. The third kappa shape index (κ3) is 1.37. The predicted octanol–water partition coefficient (Wildman–Crippen LogP) is 1.26. The third-order valence-corrected chi connectivity index (χ3v) is 8.18. The van der Waals surface area contributed by atoms with Crippen LogP contribution in [-0.2, 0) is 14.3 Å². The van der Waals surface area contributed by atoms with Crippen molar-refractivity contribution in [2.24, 2.45) is 17.3 Å². The quantitative estimate of drug-likeness (QED) is 0.478. The molecule has 3 aliphatic carbocycles. The van der Waals surface area contributed by atoms with E-state index >= 15 is 0 Å². The van der Waals surface area contributed by atoms with Crippen molar-refractivity contribution in [3.8, 4) is 0 Å². The molecule has 1 unspecified atom stereocenters. The van der Waals surface area contributed by atoms with Crippen molar-refractivity contribution in [1.29, 1.82) is 0 Å². The first-order chi connectivity index (χ1) is 11.8. The van der Waals surface area contributed by atoms with Gasteiger partial charge in [0.25, 0.3) is 0 Å². The van der Waals surface area contributed by atoms with Gasteiger partial charge in [0.1, 0.15) is 11.2 Å². The number of fused-ring (bicyclic) bond motifs is 2. The maximum absolute atomic E-state index is 13.4. The van der Waals surface area contributed by atoms with Gasteiger partial charge in [-0.05, 0) is 31.3 Å². The second-order valence-electron chi connectivity index (χ2n) is 9.38. The average Bonchev–Trinajstić information content (AvgIpc) is 2.79. The zero-order chi connectivity index (χ0) is 19.5. The van der Waals surface area contributed by atoms with Crippen LogP contribution in [0.5, 0.6) is 0 Å². The summed E-state index contributed by atoms with van der Waals surface area (Å²) in [7, 11) is 0. The molecular weight excluding hydrogens is 336 g/mol. The van der Waals surface area contributed by atoms with Crippen molar-refractivity contribution in [3.63, 3.8) is 0 Å². The minimum absolute atomic E-state index is 0.0503. The summed E-state index contributed by atoms with van der Waals surface area (Å²) in [6.45, 7) is 8.96. The standard InChI is InChI=1S/C20H28O6/c1-10(2)13-8-18(24)16(5)9-14(21)26-20(19(18,25)12(13)4)15(22)11(3)6-7-17(16,20)23/h10-11,23-25H,6-9H2,1-5H3/t11?,16-,17-,18+,19+,20+/m0/s1. The Bertz CT molecular complexity index is 770. The number of ether oxygens (including phenoxy) is 1. The number of hydrogen-bond donors (Lipinski definition) is 3. The maximum Gasteiger partial charge on any atom is 0.307 e. The summed E-state index contributed by atoms with van der Waals surface area (Å²) < 4.78 is 5.62. The molecule has 0 amide bonds. The molecule has 3 N–H and O–H groups in total. The Kier molecular flexibility index (Phi) is 3.21. The summed E-state index contributed by atoms with van der Waals surface area (Å²) in [5, 5.41) is 35.7. The predicted molar refractivity (Wildman–Crippen MR) is 92.0 cm³/mol. The van der Waals surface area contributed by atoms with E-state index in [2.05, 4.69) is 0 Å². The highest BCUT2D eigenvalue weighted by Crippen LogP contribution is 2.76. The molecular formula is C20H28O6. The van der Waals surface area contributed by atoms with E-state index in [4.69, 9.17) is 4.74 Å². The van der Waals surface area contributed by atoms with E-state index in [0.717, 1.165) is 5.57 Å². The zero-order valence-corrected chi connectivity index (χ0v) is 16.0. The van der Waals surface area contributed by atoms with E-state index in [1.165, 1.54) is 0 Å². The number of rotatable bonds is 1. The van der Waals surface area contributed by atoms with Gasteiger partial charge in [-0.15, -0.1) is 0 Å². The number of Topliss-reactive ketones (excluding diaryl/α,β-unsaturated/α-hetero) is 1. The van der Waals surface area contributed by atoms with Gasteiger partial charge in [-0.2, -0.15) is 0 Å². The highest BCUT2D eigenvalue weighted by Gasteiger charge is 2.94. The van der Waals surface area contributed by atoms with Gasteiger partial charge in [0, 0.05) is 17.8 Å². The lowest BCUT2D eigenvalue weighted by Crippen LogP contribution is -2.76. The SMILES string of the molecule is CC1=C(C(C)C)C[C@@]2(O)[C@@]3(C)CC(=O)O[C@@]4(C(=O)C(C)CC[C@]34O)[C@@]12O. The lowest BCUT2D eigenvalue weighted by Gasteiger charge is -2.56. The van der Waals surface area contributed by atoms with Crippen LogP contribution in [0.4, 0.5) is 0 Å². The van der Waals surface area contributed by atoms with Gasteiger partial charge in [-0.25, -0.2) is 0 Å². The van der Waals surface area contributed by atoms with Crippen molar-refractivity contribution in [1.82, 2.24) is 0 Å². The largest absolute Gasteiger partial charge is 0.444 e. The van der Waals surface area contributed by atoms with Crippen LogP contribution < -0.4 is 0 Å². The fraction of sp³-hybridized carbons (Fsp3) is 0.800. The minimum atomic E-state index is -2.16. The van der Waals surface area contributed by atoms with Gasteiger partial charge in [0.15, 0.2) is 11.4 Å². The molecule has 144 valence electrons. The van der Waals surface area contributed by atoms with Crippen LogP contribution in [0.2, 0.25) is 0 Å². The Balaban J connectivity index is 2.13. The lowest BCUT2D eigenvalue weighted by atomic mass is 9.56. The fourth-order valence-corrected chi connectivity index (χ4v) is 6.63. The van der Waals surface area contributed by atoms with Crippen LogP contribution >= 0.6 is 0 Å². The first kappa shape index (κ1) is 18.1. The van der Waals surface area contributed by atoms with Crippen LogP contribution in [0.1, 0.15) is 60.3 Å². The number of aliphatic hydroxyl groups is 3. The molecule has 0 aromatic carbocycles. The summed E-state index contributed by atoms with van der Waals surface area (Å²) in [6.07, 6.45) is 0.505. The molecule has 1 heterocycles. The van der Waals surface area contributed by atoms with Crippen molar-refractivity contribution in [3.05, 3.63) is 11.1 Å². The molecule has 4 aliphatic rings. The molecule has 0 aromatic heterocycles. The molecule has 4 rings (SSSR count). The molecule has 6 nitrogen and oxygen atoms in total. The van der Waals surface area contributed by atoms with Crippen LogP contribution in [0.25, 0.3) is 0 Å². The summed E-state index contributed by atoms with van der Waals surface area (Å²) in [5.41, 5.74) is -7.99. The van der Waals surface area contributed by atoms with Crippen molar-refractivity contribution in [2.45, 2.75) is 82.7 Å². The normalized spacial score (nSPS) is 53.0. The zero-order valence-electron chi connectivity index (χ0n) is 16.0. The minimum Gasteiger partial charge on any atom is -0.444 e. The first-order valence-electron chi connectivity index (χ1n) is 9.47. The molecule has 0 aromatic rings. The van der Waals surface area contributed by atoms with E-state index < -0.39 is 45.5 Å². The molecule has 2 saturated carbocycles. The molecule has 2 bridgehead atoms. The van der Waals surface area contributed by atoms with E-state index in [0.29, 0.717) is 12.0 Å². The highest BCUT2D eigenvalue weighted by atomic mass is 16.6. The maximum atomic E-state index is 13.4. The molecule has 3 fully saturated rings. The van der Waals surface area contributed by atoms with Crippen LogP contribution in [0, 0.1) is 17.3 Å². The number of hydrogen-bond acceptors (Lipinski definition) is 6. The van der Waals surface area contributed by atoms with Crippen LogP contribution in [0.3, 0.4) is 0 Å². The molecule has 1 aliphatic heterocycles. The van der Waals surface area contributed by atoms with E-state index in [1.807, 2.05) is 13.8 Å². The monoisotopic (exact) mass is 364 g/mol. The average molecular weight is 364 g/mol. The van der Waals surface area contributed by atoms with Crippen molar-refractivity contribution in [2.75, 3.05) is 0 Å². The number of carbonyl (C=O) groups excluding carboxylic acids is 2. The molecule has 6 heteroatoms. The Morgan fingerprint density at radius 3 is 2.31 bits per heavy atom. The topological polar surface area (TPSA) is 104 Å². The Labute approximate surface area is 153 Å². The van der Waals surface area contributed by atoms with Crippen molar-refractivity contribution >= 4 is 11.8 Å². The number of carbonyl (C=O) groups is 2. The van der Waals surface area contributed by atoms with Gasteiger partial charge in [-0.1, -0.05) is 33.3 Å². The Hall–Kier alpha value is -1.24. The molecule has 6 atom stereocenters. The Morgan fingerprint density at radius 2 is 1.73 bits per heavy atom. The lowest BCUT2D eigenvalue weighted by molar-refractivity contribution is -0.259. The fourth-order valence-electron chi connectivity index (χ4n) is 6.63. The summed E-state index contributed by atoms with van der Waals surface area (Å²) in [4.78, 5) is 25.9. The van der Waals surface area contributed by atoms with Gasteiger partial charge in [0.05, 0.1) is 6.42 Å². The summed E-state index contributed by atoms with van der Waals surface area (Å²) >= 11 is 0. The van der Waals surface area contributed by atoms with Gasteiger partial charge in [-0.3, -0.25) is 9.59 Å². The second kappa shape index (κ2) is 4.59. The van der Waals surface area contributed by atoms with E-state index in [-0.39, 0.29) is 25.2 Å².